The van der Waals surface area contributed by atoms with Crippen LogP contribution in [0.1, 0.15) is 20.3 Å². The van der Waals surface area contributed by atoms with Crippen LogP contribution in [-0.4, -0.2) is 45.0 Å². The SMILES string of the molecule is C#CCNC(=NCC1CCS(=O)(=O)C1)NC(C)C. The molecular formula is C12H21N3O2S. The Morgan fingerprint density at radius 2 is 2.28 bits per heavy atom. The van der Waals surface area contributed by atoms with Gasteiger partial charge in [0.05, 0.1) is 18.1 Å². The molecule has 1 aliphatic heterocycles. The molecule has 5 nitrogen and oxygen atoms in total. The largest absolute Gasteiger partial charge is 0.354 e. The Labute approximate surface area is 109 Å². The Hall–Kier alpha value is -1.22. The maximum Gasteiger partial charge on any atom is 0.192 e. The predicted molar refractivity (Wildman–Crippen MR) is 74.2 cm³/mol. The minimum atomic E-state index is -2.83. The van der Waals surface area contributed by atoms with Crippen molar-refractivity contribution in [2.75, 3.05) is 24.6 Å². The van der Waals surface area contributed by atoms with E-state index in [4.69, 9.17) is 6.42 Å². The van der Waals surface area contributed by atoms with Crippen molar-refractivity contribution in [2.45, 2.75) is 26.3 Å². The van der Waals surface area contributed by atoms with Gasteiger partial charge in [-0.2, -0.15) is 0 Å². The molecule has 6 heteroatoms. The van der Waals surface area contributed by atoms with Gasteiger partial charge in [0.1, 0.15) is 0 Å². The van der Waals surface area contributed by atoms with Crippen LogP contribution in [0.4, 0.5) is 0 Å². The highest BCUT2D eigenvalue weighted by Crippen LogP contribution is 2.18. The van der Waals surface area contributed by atoms with Gasteiger partial charge in [0.2, 0.25) is 0 Å². The number of nitrogens with one attached hydrogen (secondary N) is 2. The summed E-state index contributed by atoms with van der Waals surface area (Å²) in [5.41, 5.74) is 0. The molecule has 0 aromatic carbocycles. The molecule has 1 fully saturated rings. The molecule has 0 aromatic rings. The summed E-state index contributed by atoms with van der Waals surface area (Å²) in [7, 11) is -2.83. The van der Waals surface area contributed by atoms with Gasteiger partial charge in [-0.1, -0.05) is 5.92 Å². The second-order valence-corrected chi connectivity index (χ2v) is 7.04. The lowest BCUT2D eigenvalue weighted by atomic mass is 10.1. The van der Waals surface area contributed by atoms with E-state index in [2.05, 4.69) is 21.5 Å². The van der Waals surface area contributed by atoms with Gasteiger partial charge in [0, 0.05) is 12.6 Å². The first-order chi connectivity index (χ1) is 8.43. The molecule has 0 aliphatic carbocycles. The summed E-state index contributed by atoms with van der Waals surface area (Å²) < 4.78 is 22.7. The van der Waals surface area contributed by atoms with Gasteiger partial charge in [0.25, 0.3) is 0 Å². The van der Waals surface area contributed by atoms with Gasteiger partial charge in [-0.25, -0.2) is 8.42 Å². The second kappa shape index (κ2) is 6.64. The van der Waals surface area contributed by atoms with E-state index in [9.17, 15) is 8.42 Å². The lowest BCUT2D eigenvalue weighted by Crippen LogP contribution is -2.41. The zero-order valence-corrected chi connectivity index (χ0v) is 11.8. The standard InChI is InChI=1S/C12H21N3O2S/c1-4-6-13-12(15-10(2)3)14-8-11-5-7-18(16,17)9-11/h1,10-11H,5-9H2,2-3H3,(H2,13,14,15). The molecule has 1 saturated heterocycles. The molecule has 102 valence electrons. The molecule has 0 bridgehead atoms. The second-order valence-electron chi connectivity index (χ2n) is 4.82. The molecule has 0 amide bonds. The summed E-state index contributed by atoms with van der Waals surface area (Å²) in [4.78, 5) is 4.38. The number of guanidine groups is 1. The minimum Gasteiger partial charge on any atom is -0.354 e. The molecule has 18 heavy (non-hydrogen) atoms. The van der Waals surface area contributed by atoms with Gasteiger partial charge in [-0.05, 0) is 26.2 Å². The van der Waals surface area contributed by atoms with Crippen molar-refractivity contribution in [3.63, 3.8) is 0 Å². The zero-order valence-electron chi connectivity index (χ0n) is 10.9. The molecule has 0 radical (unpaired) electrons. The van der Waals surface area contributed by atoms with Gasteiger partial charge < -0.3 is 10.6 Å². The van der Waals surface area contributed by atoms with Crippen LogP contribution in [0.2, 0.25) is 0 Å². The summed E-state index contributed by atoms with van der Waals surface area (Å²) in [6.07, 6.45) is 5.89. The maximum atomic E-state index is 11.3. The first-order valence-corrected chi connectivity index (χ1v) is 7.94. The van der Waals surface area contributed by atoms with E-state index >= 15 is 0 Å². The Morgan fingerprint density at radius 1 is 1.56 bits per heavy atom. The van der Waals surface area contributed by atoms with E-state index < -0.39 is 9.84 Å². The van der Waals surface area contributed by atoms with Crippen molar-refractivity contribution >= 4 is 15.8 Å². The first kappa shape index (κ1) is 14.8. The fourth-order valence-corrected chi connectivity index (χ4v) is 3.65. The molecule has 1 unspecified atom stereocenters. The summed E-state index contributed by atoms with van der Waals surface area (Å²) in [5.74, 6) is 3.80. The van der Waals surface area contributed by atoms with Gasteiger partial charge in [-0.3, -0.25) is 4.99 Å². The molecule has 1 heterocycles. The normalized spacial score (nSPS) is 22.8. The number of hydrogen-bond acceptors (Lipinski definition) is 3. The number of terminal acetylenes is 1. The fourth-order valence-electron chi connectivity index (χ4n) is 1.80. The molecular weight excluding hydrogens is 250 g/mol. The highest BCUT2D eigenvalue weighted by molar-refractivity contribution is 7.91. The van der Waals surface area contributed by atoms with Crippen molar-refractivity contribution < 1.29 is 8.42 Å². The minimum absolute atomic E-state index is 0.131. The van der Waals surface area contributed by atoms with E-state index in [-0.39, 0.29) is 23.5 Å². The number of rotatable bonds is 4. The van der Waals surface area contributed by atoms with Crippen molar-refractivity contribution in [3.8, 4) is 12.3 Å². The Kier molecular flexibility index (Phi) is 5.48. The van der Waals surface area contributed by atoms with Crippen LogP contribution in [0.3, 0.4) is 0 Å². The number of sulfone groups is 1. The highest BCUT2D eigenvalue weighted by atomic mass is 32.2. The predicted octanol–water partition coefficient (Wildman–Crippen LogP) is -0.00210. The molecule has 1 atom stereocenters. The average Bonchev–Trinajstić information content (AvgIpc) is 2.61. The van der Waals surface area contributed by atoms with Crippen molar-refractivity contribution in [3.05, 3.63) is 0 Å². The lowest BCUT2D eigenvalue weighted by molar-refractivity contribution is 0.588. The van der Waals surface area contributed by atoms with Gasteiger partial charge in [-0.15, -0.1) is 6.42 Å². The summed E-state index contributed by atoms with van der Waals surface area (Å²) in [6.45, 7) is 4.94. The van der Waals surface area contributed by atoms with E-state index in [0.717, 1.165) is 0 Å². The summed E-state index contributed by atoms with van der Waals surface area (Å²) in [6, 6.07) is 0.251. The van der Waals surface area contributed by atoms with E-state index in [0.29, 0.717) is 25.5 Å². The van der Waals surface area contributed by atoms with Crippen molar-refractivity contribution in [1.29, 1.82) is 0 Å². The smallest absolute Gasteiger partial charge is 0.192 e. The third-order valence-electron chi connectivity index (χ3n) is 2.62. The van der Waals surface area contributed by atoms with Crippen LogP contribution in [0, 0.1) is 18.3 Å². The quantitative estimate of drug-likeness (QED) is 0.429. The van der Waals surface area contributed by atoms with Crippen LogP contribution < -0.4 is 10.6 Å². The van der Waals surface area contributed by atoms with Crippen LogP contribution in [0.15, 0.2) is 4.99 Å². The molecule has 0 spiro atoms. The van der Waals surface area contributed by atoms with Crippen molar-refractivity contribution in [1.82, 2.24) is 10.6 Å². The molecule has 1 rings (SSSR count). The van der Waals surface area contributed by atoms with Crippen LogP contribution in [0.5, 0.6) is 0 Å². The summed E-state index contributed by atoms with van der Waals surface area (Å²) in [5, 5.41) is 6.15. The first-order valence-electron chi connectivity index (χ1n) is 6.11. The van der Waals surface area contributed by atoms with Crippen LogP contribution in [0.25, 0.3) is 0 Å². The Morgan fingerprint density at radius 3 is 2.78 bits per heavy atom. The Balaban J connectivity index is 2.52. The zero-order chi connectivity index (χ0) is 13.6. The van der Waals surface area contributed by atoms with E-state index in [1.165, 1.54) is 0 Å². The van der Waals surface area contributed by atoms with Crippen molar-refractivity contribution in [2.24, 2.45) is 10.9 Å². The van der Waals surface area contributed by atoms with Gasteiger partial charge in [0.15, 0.2) is 15.8 Å². The van der Waals surface area contributed by atoms with Crippen LogP contribution in [-0.2, 0) is 9.84 Å². The lowest BCUT2D eigenvalue weighted by Gasteiger charge is -2.14. The number of aliphatic imine (C=N–C) groups is 1. The topological polar surface area (TPSA) is 70.6 Å². The van der Waals surface area contributed by atoms with E-state index in [1.54, 1.807) is 0 Å². The summed E-state index contributed by atoms with van der Waals surface area (Å²) >= 11 is 0. The molecule has 1 aliphatic rings. The van der Waals surface area contributed by atoms with E-state index in [1.807, 2.05) is 13.8 Å². The third kappa shape index (κ3) is 5.41. The van der Waals surface area contributed by atoms with Crippen LogP contribution >= 0.6 is 0 Å². The molecule has 0 aromatic heterocycles. The third-order valence-corrected chi connectivity index (χ3v) is 4.45. The highest BCUT2D eigenvalue weighted by Gasteiger charge is 2.27. The van der Waals surface area contributed by atoms with Gasteiger partial charge >= 0.3 is 0 Å². The molecule has 2 N–H and O–H groups in total. The number of hydrogen-bond donors (Lipinski definition) is 2. The average molecular weight is 271 g/mol. The fraction of sp³-hybridized carbons (Fsp3) is 0.750. The Bertz CT molecular complexity index is 435. The maximum absolute atomic E-state index is 11.3. The molecule has 0 saturated carbocycles. The number of nitrogens with zero attached hydrogens (tertiary/aromatic N) is 1. The monoisotopic (exact) mass is 271 g/mol.